The van der Waals surface area contributed by atoms with Crippen molar-refractivity contribution in [2.45, 2.75) is 45.8 Å². The van der Waals surface area contributed by atoms with Gasteiger partial charge in [-0.3, -0.25) is 4.79 Å². The SMILES string of the molecule is Cc1ccc(-n2cnc(C)n2)c(C(=O)N2CCC[C@@H](C)C2CNc2ccc(C(F)(F)F)cn2)c1. The average molecular weight is 473 g/mol. The molecule has 0 saturated carbocycles. The molecule has 10 heteroatoms. The maximum absolute atomic E-state index is 13.8. The minimum Gasteiger partial charge on any atom is -0.368 e. The van der Waals surface area contributed by atoms with E-state index in [1.54, 1.807) is 17.9 Å². The third-order valence-electron chi connectivity index (χ3n) is 6.20. The van der Waals surface area contributed by atoms with Crippen molar-refractivity contribution in [2.24, 2.45) is 5.92 Å². The molecule has 7 nitrogen and oxygen atoms in total. The van der Waals surface area contributed by atoms with Crippen molar-refractivity contribution in [1.29, 1.82) is 0 Å². The number of halogens is 3. The van der Waals surface area contributed by atoms with Crippen LogP contribution in [0, 0.1) is 19.8 Å². The third kappa shape index (κ3) is 5.05. The Balaban J connectivity index is 1.57. The zero-order valence-corrected chi connectivity index (χ0v) is 19.3. The first-order valence-electron chi connectivity index (χ1n) is 11.2. The molecule has 1 aliphatic rings. The number of nitrogens with one attached hydrogen (secondary N) is 1. The molecule has 0 spiro atoms. The van der Waals surface area contributed by atoms with Crippen molar-refractivity contribution in [3.8, 4) is 5.69 Å². The number of hydrogen-bond acceptors (Lipinski definition) is 5. The Labute approximate surface area is 196 Å². The van der Waals surface area contributed by atoms with E-state index in [1.807, 2.05) is 30.0 Å². The number of carbonyl (C=O) groups is 1. The van der Waals surface area contributed by atoms with Crippen LogP contribution in [0.3, 0.4) is 0 Å². The number of alkyl halides is 3. The fourth-order valence-corrected chi connectivity index (χ4v) is 4.33. The number of hydrogen-bond donors (Lipinski definition) is 1. The lowest BCUT2D eigenvalue weighted by Crippen LogP contribution is -2.51. The molecule has 0 radical (unpaired) electrons. The maximum atomic E-state index is 13.8. The molecule has 3 heterocycles. The summed E-state index contributed by atoms with van der Waals surface area (Å²) in [5, 5.41) is 7.49. The van der Waals surface area contributed by atoms with Gasteiger partial charge in [0.25, 0.3) is 5.91 Å². The molecule has 1 unspecified atom stereocenters. The van der Waals surface area contributed by atoms with E-state index in [9.17, 15) is 18.0 Å². The summed E-state index contributed by atoms with van der Waals surface area (Å²) in [6.45, 7) is 6.79. The number of benzene rings is 1. The fraction of sp³-hybridized carbons (Fsp3) is 0.417. The Morgan fingerprint density at radius 1 is 1.18 bits per heavy atom. The van der Waals surface area contributed by atoms with Crippen LogP contribution < -0.4 is 5.32 Å². The van der Waals surface area contributed by atoms with Crippen LogP contribution in [0.25, 0.3) is 5.69 Å². The molecule has 1 N–H and O–H groups in total. The number of likely N-dealkylation sites (tertiary alicyclic amines) is 1. The number of nitrogens with zero attached hydrogens (tertiary/aromatic N) is 5. The van der Waals surface area contributed by atoms with Crippen molar-refractivity contribution in [2.75, 3.05) is 18.4 Å². The van der Waals surface area contributed by atoms with Gasteiger partial charge in [0.05, 0.1) is 22.9 Å². The molecule has 4 rings (SSSR count). The number of piperidine rings is 1. The molecule has 180 valence electrons. The Hall–Kier alpha value is -3.43. The summed E-state index contributed by atoms with van der Waals surface area (Å²) >= 11 is 0. The molecule has 3 aromatic rings. The molecule has 1 aromatic carbocycles. The minimum absolute atomic E-state index is 0.106. The van der Waals surface area contributed by atoms with Crippen molar-refractivity contribution < 1.29 is 18.0 Å². The Bertz CT molecular complexity index is 1160. The first-order chi connectivity index (χ1) is 16.1. The first-order valence-corrected chi connectivity index (χ1v) is 11.2. The number of amides is 1. The number of aromatic nitrogens is 4. The minimum atomic E-state index is -4.43. The van der Waals surface area contributed by atoms with Gasteiger partial charge in [-0.1, -0.05) is 18.6 Å². The van der Waals surface area contributed by atoms with Crippen molar-refractivity contribution >= 4 is 11.7 Å². The highest BCUT2D eigenvalue weighted by atomic mass is 19.4. The van der Waals surface area contributed by atoms with E-state index in [4.69, 9.17) is 0 Å². The van der Waals surface area contributed by atoms with Gasteiger partial charge < -0.3 is 10.2 Å². The highest BCUT2D eigenvalue weighted by Crippen LogP contribution is 2.30. The zero-order valence-electron chi connectivity index (χ0n) is 19.3. The molecule has 0 bridgehead atoms. The molecule has 34 heavy (non-hydrogen) atoms. The van der Waals surface area contributed by atoms with Gasteiger partial charge in [-0.2, -0.15) is 18.3 Å². The first kappa shape index (κ1) is 23.7. The Morgan fingerprint density at radius 3 is 2.62 bits per heavy atom. The molecule has 1 amide bonds. The van der Waals surface area contributed by atoms with Gasteiger partial charge in [0, 0.05) is 19.3 Å². The van der Waals surface area contributed by atoms with E-state index >= 15 is 0 Å². The topological polar surface area (TPSA) is 75.9 Å². The summed E-state index contributed by atoms with van der Waals surface area (Å²) in [5.74, 6) is 1.05. The second kappa shape index (κ2) is 9.44. The quantitative estimate of drug-likeness (QED) is 0.585. The fourth-order valence-electron chi connectivity index (χ4n) is 4.33. The van der Waals surface area contributed by atoms with E-state index in [2.05, 4.69) is 27.3 Å². The van der Waals surface area contributed by atoms with Crippen LogP contribution in [-0.4, -0.2) is 49.7 Å². The van der Waals surface area contributed by atoms with Crippen LogP contribution in [0.4, 0.5) is 19.0 Å². The lowest BCUT2D eigenvalue weighted by atomic mass is 9.89. The van der Waals surface area contributed by atoms with Crippen molar-refractivity contribution in [1.82, 2.24) is 24.6 Å². The molecule has 1 aliphatic heterocycles. The van der Waals surface area contributed by atoms with Gasteiger partial charge in [-0.25, -0.2) is 14.6 Å². The monoisotopic (exact) mass is 472 g/mol. The van der Waals surface area contributed by atoms with Gasteiger partial charge in [-0.05, 0) is 56.9 Å². The number of anilines is 1. The van der Waals surface area contributed by atoms with Gasteiger partial charge in [0.15, 0.2) is 0 Å². The molecule has 2 aromatic heterocycles. The largest absolute Gasteiger partial charge is 0.417 e. The lowest BCUT2D eigenvalue weighted by molar-refractivity contribution is -0.137. The molecular formula is C24H27F3N6O. The van der Waals surface area contributed by atoms with Crippen molar-refractivity contribution in [3.63, 3.8) is 0 Å². The summed E-state index contributed by atoms with van der Waals surface area (Å²) in [4.78, 5) is 23.7. The van der Waals surface area contributed by atoms with E-state index in [0.29, 0.717) is 36.0 Å². The normalized spacial score (nSPS) is 18.7. The number of pyridine rings is 1. The molecule has 2 atom stereocenters. The molecule has 1 saturated heterocycles. The predicted molar refractivity (Wildman–Crippen MR) is 122 cm³/mol. The standard InChI is InChI=1S/C24H27F3N6O/c1-15-6-8-20(33-14-30-17(3)31-33)19(11-15)23(34)32-10-4-5-16(2)21(32)13-29-22-9-7-18(12-28-22)24(25,26)27/h6-9,11-12,14,16,21H,4-5,10,13H2,1-3H3,(H,28,29)/t16-,21?/m1/s1. The average Bonchev–Trinajstić information content (AvgIpc) is 3.23. The molecule has 1 fully saturated rings. The highest BCUT2D eigenvalue weighted by Gasteiger charge is 2.34. The van der Waals surface area contributed by atoms with E-state index < -0.39 is 11.7 Å². The van der Waals surface area contributed by atoms with Crippen LogP contribution in [0.1, 0.15) is 47.1 Å². The number of rotatable bonds is 5. The van der Waals surface area contributed by atoms with Crippen LogP contribution >= 0.6 is 0 Å². The van der Waals surface area contributed by atoms with Gasteiger partial charge >= 0.3 is 6.18 Å². The van der Waals surface area contributed by atoms with Gasteiger partial charge in [0.1, 0.15) is 18.0 Å². The van der Waals surface area contributed by atoms with Crippen LogP contribution in [0.5, 0.6) is 0 Å². The van der Waals surface area contributed by atoms with Crippen LogP contribution in [0.15, 0.2) is 42.9 Å². The number of carbonyl (C=O) groups excluding carboxylic acids is 1. The molecular weight excluding hydrogens is 445 g/mol. The summed E-state index contributed by atoms with van der Waals surface area (Å²) in [7, 11) is 0. The molecule has 0 aliphatic carbocycles. The maximum Gasteiger partial charge on any atom is 0.417 e. The smallest absolute Gasteiger partial charge is 0.368 e. The van der Waals surface area contributed by atoms with E-state index in [-0.39, 0.29) is 17.9 Å². The Kier molecular flexibility index (Phi) is 6.58. The van der Waals surface area contributed by atoms with E-state index in [0.717, 1.165) is 30.7 Å². The highest BCUT2D eigenvalue weighted by molar-refractivity contribution is 5.98. The lowest BCUT2D eigenvalue weighted by Gasteiger charge is -2.40. The van der Waals surface area contributed by atoms with Crippen LogP contribution in [0.2, 0.25) is 0 Å². The summed E-state index contributed by atoms with van der Waals surface area (Å²) in [5.41, 5.74) is 1.36. The van der Waals surface area contributed by atoms with Crippen molar-refractivity contribution in [3.05, 3.63) is 65.4 Å². The second-order valence-electron chi connectivity index (χ2n) is 8.75. The second-order valence-corrected chi connectivity index (χ2v) is 8.75. The Morgan fingerprint density at radius 2 is 1.97 bits per heavy atom. The predicted octanol–water partition coefficient (Wildman–Crippen LogP) is 4.65. The summed E-state index contributed by atoms with van der Waals surface area (Å²) in [6.07, 6.45) is -0.189. The van der Waals surface area contributed by atoms with E-state index in [1.165, 1.54) is 6.07 Å². The van der Waals surface area contributed by atoms with Gasteiger partial charge in [0.2, 0.25) is 0 Å². The van der Waals surface area contributed by atoms with Crippen LogP contribution in [-0.2, 0) is 6.18 Å². The zero-order chi connectivity index (χ0) is 24.5. The number of aryl methyl sites for hydroxylation is 2. The summed E-state index contributed by atoms with van der Waals surface area (Å²) in [6, 6.07) is 7.82. The van der Waals surface area contributed by atoms with Gasteiger partial charge in [-0.15, -0.1) is 0 Å². The summed E-state index contributed by atoms with van der Waals surface area (Å²) < 4.78 is 40.1. The third-order valence-corrected chi connectivity index (χ3v) is 6.20.